The van der Waals surface area contributed by atoms with Crippen LogP contribution < -0.4 is 15.4 Å². The van der Waals surface area contributed by atoms with E-state index in [1.807, 2.05) is 26.0 Å². The number of nitrogens with one attached hydrogen (secondary N) is 2. The summed E-state index contributed by atoms with van der Waals surface area (Å²) in [4.78, 5) is 23.4. The number of benzene rings is 2. The van der Waals surface area contributed by atoms with E-state index in [0.717, 1.165) is 11.1 Å². The maximum absolute atomic E-state index is 12.2. The summed E-state index contributed by atoms with van der Waals surface area (Å²) >= 11 is 0. The molecular formula is C20H22N2O3. The van der Waals surface area contributed by atoms with Gasteiger partial charge >= 0.3 is 0 Å². The number of rotatable bonds is 5. The molecule has 5 heteroatoms. The third-order valence-corrected chi connectivity index (χ3v) is 3.62. The molecule has 0 saturated heterocycles. The van der Waals surface area contributed by atoms with Gasteiger partial charge in [0.05, 0.1) is 12.8 Å². The van der Waals surface area contributed by atoms with Crippen LogP contribution in [-0.4, -0.2) is 18.9 Å². The topological polar surface area (TPSA) is 67.4 Å². The summed E-state index contributed by atoms with van der Waals surface area (Å²) in [6.45, 7) is 5.46. The first kappa shape index (κ1) is 18.3. The lowest BCUT2D eigenvalue weighted by atomic mass is 10.1. The van der Waals surface area contributed by atoms with Gasteiger partial charge < -0.3 is 15.4 Å². The van der Waals surface area contributed by atoms with Crippen molar-refractivity contribution in [3.8, 4) is 5.75 Å². The number of carbonyl (C=O) groups excluding carboxylic acids is 2. The van der Waals surface area contributed by atoms with Gasteiger partial charge in [0.2, 0.25) is 11.8 Å². The van der Waals surface area contributed by atoms with Crippen molar-refractivity contribution in [1.29, 1.82) is 0 Å². The van der Waals surface area contributed by atoms with Gasteiger partial charge in [-0.25, -0.2) is 0 Å². The molecule has 0 unspecified atom stereocenters. The molecule has 0 aliphatic rings. The maximum Gasteiger partial charge on any atom is 0.248 e. The van der Waals surface area contributed by atoms with E-state index >= 15 is 0 Å². The number of hydrogen-bond acceptors (Lipinski definition) is 3. The standard InChI is InChI=1S/C20H22N2O3/c1-13-5-6-16(14(2)11-13)7-10-20(24)22-18-12-17(21-15(3)23)8-9-19(18)25-4/h5-12H,1-4H3,(H,21,23)(H,22,24)/b10-7+. The van der Waals surface area contributed by atoms with Gasteiger partial charge in [-0.1, -0.05) is 23.8 Å². The summed E-state index contributed by atoms with van der Waals surface area (Å²) in [5, 5.41) is 5.45. The Labute approximate surface area is 147 Å². The van der Waals surface area contributed by atoms with Crippen LogP contribution in [0.15, 0.2) is 42.5 Å². The van der Waals surface area contributed by atoms with Crippen LogP contribution in [0.5, 0.6) is 5.75 Å². The molecule has 2 aromatic carbocycles. The Morgan fingerprint density at radius 1 is 1.04 bits per heavy atom. The minimum Gasteiger partial charge on any atom is -0.495 e. The van der Waals surface area contributed by atoms with E-state index in [1.165, 1.54) is 25.7 Å². The second kappa shape index (κ2) is 8.15. The molecule has 5 nitrogen and oxygen atoms in total. The maximum atomic E-state index is 12.2. The minimum atomic E-state index is -0.279. The fourth-order valence-electron chi connectivity index (χ4n) is 2.44. The zero-order chi connectivity index (χ0) is 18.4. The Morgan fingerprint density at radius 3 is 2.44 bits per heavy atom. The first-order chi connectivity index (χ1) is 11.9. The summed E-state index contributed by atoms with van der Waals surface area (Å²) in [6, 6.07) is 11.1. The summed E-state index contributed by atoms with van der Waals surface area (Å²) in [5.74, 6) is 0.0535. The summed E-state index contributed by atoms with van der Waals surface area (Å²) < 4.78 is 5.25. The van der Waals surface area contributed by atoms with Gasteiger partial charge in [0.15, 0.2) is 0 Å². The van der Waals surface area contributed by atoms with Crippen LogP contribution in [0.4, 0.5) is 11.4 Å². The van der Waals surface area contributed by atoms with E-state index in [0.29, 0.717) is 17.1 Å². The molecule has 0 saturated carbocycles. The first-order valence-corrected chi connectivity index (χ1v) is 7.91. The predicted octanol–water partition coefficient (Wildman–Crippen LogP) is 3.92. The van der Waals surface area contributed by atoms with Crippen LogP contribution >= 0.6 is 0 Å². The van der Waals surface area contributed by atoms with E-state index in [4.69, 9.17) is 4.74 Å². The molecule has 0 heterocycles. The van der Waals surface area contributed by atoms with Crippen molar-refractivity contribution in [3.05, 3.63) is 59.2 Å². The van der Waals surface area contributed by atoms with Crippen molar-refractivity contribution >= 4 is 29.3 Å². The zero-order valence-corrected chi connectivity index (χ0v) is 14.8. The Morgan fingerprint density at radius 2 is 1.80 bits per heavy atom. The van der Waals surface area contributed by atoms with Gasteiger partial charge in [-0.05, 0) is 49.2 Å². The lowest BCUT2D eigenvalue weighted by Crippen LogP contribution is -2.11. The fourth-order valence-corrected chi connectivity index (χ4v) is 2.44. The highest BCUT2D eigenvalue weighted by Gasteiger charge is 2.08. The van der Waals surface area contributed by atoms with Crippen molar-refractivity contribution < 1.29 is 14.3 Å². The summed E-state index contributed by atoms with van der Waals surface area (Å²) in [5.41, 5.74) is 4.35. The molecule has 2 amide bonds. The van der Waals surface area contributed by atoms with Crippen molar-refractivity contribution in [3.63, 3.8) is 0 Å². The van der Waals surface area contributed by atoms with Crippen molar-refractivity contribution in [1.82, 2.24) is 0 Å². The van der Waals surface area contributed by atoms with E-state index < -0.39 is 0 Å². The highest BCUT2D eigenvalue weighted by molar-refractivity contribution is 6.03. The average Bonchev–Trinajstić information content (AvgIpc) is 2.54. The van der Waals surface area contributed by atoms with Gasteiger partial charge in [-0.3, -0.25) is 9.59 Å². The van der Waals surface area contributed by atoms with Gasteiger partial charge in [0.25, 0.3) is 0 Å². The molecular weight excluding hydrogens is 316 g/mol. The lowest BCUT2D eigenvalue weighted by molar-refractivity contribution is -0.114. The van der Waals surface area contributed by atoms with E-state index in [9.17, 15) is 9.59 Å². The van der Waals surface area contributed by atoms with E-state index in [-0.39, 0.29) is 11.8 Å². The van der Waals surface area contributed by atoms with Crippen LogP contribution in [-0.2, 0) is 9.59 Å². The average molecular weight is 338 g/mol. The van der Waals surface area contributed by atoms with Gasteiger partial charge in [0.1, 0.15) is 5.75 Å². The van der Waals surface area contributed by atoms with Crippen LogP contribution in [0.2, 0.25) is 0 Å². The highest BCUT2D eigenvalue weighted by atomic mass is 16.5. The van der Waals surface area contributed by atoms with Gasteiger partial charge in [0, 0.05) is 18.7 Å². The van der Waals surface area contributed by atoms with E-state index in [1.54, 1.807) is 24.3 Å². The molecule has 0 bridgehead atoms. The molecule has 25 heavy (non-hydrogen) atoms. The molecule has 0 fully saturated rings. The first-order valence-electron chi connectivity index (χ1n) is 7.91. The normalized spacial score (nSPS) is 10.6. The zero-order valence-electron chi connectivity index (χ0n) is 14.8. The fraction of sp³-hybridized carbons (Fsp3) is 0.200. The number of amides is 2. The molecule has 0 aliphatic heterocycles. The summed E-state index contributed by atoms with van der Waals surface area (Å²) in [6.07, 6.45) is 3.25. The molecule has 0 atom stereocenters. The molecule has 2 N–H and O–H groups in total. The number of aryl methyl sites for hydroxylation is 2. The molecule has 2 aromatic rings. The predicted molar refractivity (Wildman–Crippen MR) is 101 cm³/mol. The minimum absolute atomic E-state index is 0.183. The molecule has 130 valence electrons. The number of carbonyl (C=O) groups is 2. The van der Waals surface area contributed by atoms with Crippen molar-refractivity contribution in [2.24, 2.45) is 0 Å². The second-order valence-corrected chi connectivity index (χ2v) is 5.78. The SMILES string of the molecule is COc1ccc(NC(C)=O)cc1NC(=O)/C=C/c1ccc(C)cc1C. The van der Waals surface area contributed by atoms with E-state index in [2.05, 4.69) is 16.7 Å². The quantitative estimate of drug-likeness (QED) is 0.812. The van der Waals surface area contributed by atoms with Gasteiger partial charge in [-0.15, -0.1) is 0 Å². The van der Waals surface area contributed by atoms with Crippen molar-refractivity contribution in [2.75, 3.05) is 17.7 Å². The number of methoxy groups -OCH3 is 1. The highest BCUT2D eigenvalue weighted by Crippen LogP contribution is 2.28. The Kier molecular flexibility index (Phi) is 5.95. The molecule has 0 aromatic heterocycles. The van der Waals surface area contributed by atoms with Gasteiger partial charge in [-0.2, -0.15) is 0 Å². The molecule has 0 radical (unpaired) electrons. The second-order valence-electron chi connectivity index (χ2n) is 5.78. The monoisotopic (exact) mass is 338 g/mol. The van der Waals surface area contributed by atoms with Crippen molar-refractivity contribution in [2.45, 2.75) is 20.8 Å². The molecule has 0 spiro atoms. The molecule has 0 aliphatic carbocycles. The lowest BCUT2D eigenvalue weighted by Gasteiger charge is -2.11. The number of hydrogen-bond donors (Lipinski definition) is 2. The Hall–Kier alpha value is -3.08. The summed E-state index contributed by atoms with van der Waals surface area (Å²) in [7, 11) is 1.52. The third-order valence-electron chi connectivity index (χ3n) is 3.62. The Bertz CT molecular complexity index is 826. The van der Waals surface area contributed by atoms with Crippen LogP contribution in [0.3, 0.4) is 0 Å². The largest absolute Gasteiger partial charge is 0.495 e. The smallest absolute Gasteiger partial charge is 0.248 e. The van der Waals surface area contributed by atoms with Crippen LogP contribution in [0, 0.1) is 13.8 Å². The number of ether oxygens (including phenoxy) is 1. The van der Waals surface area contributed by atoms with Crippen LogP contribution in [0.1, 0.15) is 23.6 Å². The molecule has 2 rings (SSSR count). The number of anilines is 2. The third kappa shape index (κ3) is 5.21. The Balaban J connectivity index is 2.16. The van der Waals surface area contributed by atoms with Crippen LogP contribution in [0.25, 0.3) is 6.08 Å².